The highest BCUT2D eigenvalue weighted by molar-refractivity contribution is 5.80. The fraction of sp³-hybridized carbons (Fsp3) is 0.696. The molecule has 1 saturated heterocycles. The van der Waals surface area contributed by atoms with Crippen molar-refractivity contribution in [2.75, 3.05) is 26.7 Å². The van der Waals surface area contributed by atoms with Gasteiger partial charge in [-0.15, -0.1) is 0 Å². The number of carbonyl (C=O) groups excluding carboxylic acids is 1. The van der Waals surface area contributed by atoms with Crippen molar-refractivity contribution in [2.24, 2.45) is 10.9 Å². The van der Waals surface area contributed by atoms with Gasteiger partial charge in [0, 0.05) is 37.9 Å². The molecule has 8 heteroatoms. The van der Waals surface area contributed by atoms with Gasteiger partial charge in [-0.2, -0.15) is 0 Å². The van der Waals surface area contributed by atoms with Crippen LogP contribution in [0.5, 0.6) is 5.88 Å². The zero-order valence-corrected chi connectivity index (χ0v) is 19.1. The number of hydrogen-bond donors (Lipinski definition) is 2. The monoisotopic (exact) mass is 431 g/mol. The van der Waals surface area contributed by atoms with Crippen molar-refractivity contribution in [3.8, 4) is 5.88 Å². The number of ether oxygens (including phenoxy) is 2. The van der Waals surface area contributed by atoms with Crippen molar-refractivity contribution in [3.05, 3.63) is 23.9 Å². The Morgan fingerprint density at radius 3 is 2.65 bits per heavy atom. The molecule has 3 rings (SSSR count). The van der Waals surface area contributed by atoms with Crippen LogP contribution in [0.4, 0.5) is 4.79 Å². The Labute approximate surface area is 185 Å². The zero-order valence-electron chi connectivity index (χ0n) is 19.1. The normalized spacial score (nSPS) is 22.7. The molecular weight excluding hydrogens is 394 g/mol. The van der Waals surface area contributed by atoms with E-state index in [4.69, 9.17) is 14.5 Å². The Morgan fingerprint density at radius 1 is 1.23 bits per heavy atom. The lowest BCUT2D eigenvalue weighted by Crippen LogP contribution is -2.49. The number of carbonyl (C=O) groups is 1. The molecule has 1 amide bonds. The predicted molar refractivity (Wildman–Crippen MR) is 121 cm³/mol. The molecule has 172 valence electrons. The van der Waals surface area contributed by atoms with Crippen molar-refractivity contribution in [2.45, 2.75) is 71.1 Å². The smallest absolute Gasteiger partial charge is 0.409 e. The summed E-state index contributed by atoms with van der Waals surface area (Å²) in [6, 6.07) is 4.27. The Balaban J connectivity index is 1.52. The number of guanidine groups is 1. The molecule has 1 aromatic rings. The Kier molecular flexibility index (Phi) is 8.79. The van der Waals surface area contributed by atoms with E-state index in [1.807, 2.05) is 12.1 Å². The SMILES string of the molecule is CCNC(=NCc1ccnc(OC2CCC(C)CC2)c1)NC1CCN(C(=O)OC)CC1. The fourth-order valence-corrected chi connectivity index (χ4v) is 4.15. The van der Waals surface area contributed by atoms with Crippen molar-refractivity contribution in [1.29, 1.82) is 0 Å². The average molecular weight is 432 g/mol. The van der Waals surface area contributed by atoms with E-state index >= 15 is 0 Å². The van der Waals surface area contributed by atoms with Crippen LogP contribution in [0, 0.1) is 5.92 Å². The first-order valence-corrected chi connectivity index (χ1v) is 11.6. The topological polar surface area (TPSA) is 88.1 Å². The highest BCUT2D eigenvalue weighted by Gasteiger charge is 2.24. The van der Waals surface area contributed by atoms with Crippen LogP contribution < -0.4 is 15.4 Å². The Bertz CT molecular complexity index is 726. The number of pyridine rings is 1. The number of aliphatic imine (C=N–C) groups is 1. The molecule has 31 heavy (non-hydrogen) atoms. The number of aromatic nitrogens is 1. The zero-order chi connectivity index (χ0) is 22.1. The lowest BCUT2D eigenvalue weighted by atomic mass is 9.89. The van der Waals surface area contributed by atoms with Gasteiger partial charge >= 0.3 is 6.09 Å². The maximum absolute atomic E-state index is 11.7. The maximum atomic E-state index is 11.7. The second-order valence-electron chi connectivity index (χ2n) is 8.57. The maximum Gasteiger partial charge on any atom is 0.409 e. The van der Waals surface area contributed by atoms with Crippen LogP contribution in [-0.2, 0) is 11.3 Å². The summed E-state index contributed by atoms with van der Waals surface area (Å²) in [6.07, 6.45) is 8.22. The van der Waals surface area contributed by atoms with E-state index in [0.717, 1.165) is 49.7 Å². The quantitative estimate of drug-likeness (QED) is 0.531. The Morgan fingerprint density at radius 2 is 1.97 bits per heavy atom. The first kappa shape index (κ1) is 23.2. The number of methoxy groups -OCH3 is 1. The van der Waals surface area contributed by atoms with E-state index in [1.54, 1.807) is 11.1 Å². The average Bonchev–Trinajstić information content (AvgIpc) is 2.79. The van der Waals surface area contributed by atoms with E-state index in [0.29, 0.717) is 25.5 Å². The number of rotatable bonds is 6. The second kappa shape index (κ2) is 11.8. The molecule has 8 nitrogen and oxygen atoms in total. The van der Waals surface area contributed by atoms with E-state index in [2.05, 4.69) is 29.5 Å². The lowest BCUT2D eigenvalue weighted by molar-refractivity contribution is 0.111. The van der Waals surface area contributed by atoms with Crippen LogP contribution in [-0.4, -0.2) is 60.8 Å². The number of likely N-dealkylation sites (tertiary alicyclic amines) is 1. The standard InChI is InChI=1S/C23H37N5O3/c1-4-24-22(27-19-10-13-28(14-11-19)23(29)30-3)26-16-18-9-12-25-21(15-18)31-20-7-5-17(2)6-8-20/h9,12,15,17,19-20H,4-8,10-11,13-14,16H2,1-3H3,(H2,24,26,27). The van der Waals surface area contributed by atoms with Crippen LogP contribution in [0.25, 0.3) is 0 Å². The van der Waals surface area contributed by atoms with Gasteiger partial charge in [-0.3, -0.25) is 0 Å². The minimum atomic E-state index is -0.252. The molecule has 2 fully saturated rings. The van der Waals surface area contributed by atoms with E-state index in [9.17, 15) is 4.79 Å². The molecule has 1 saturated carbocycles. The van der Waals surface area contributed by atoms with Gasteiger partial charge in [0.2, 0.25) is 5.88 Å². The number of hydrogen-bond acceptors (Lipinski definition) is 5. The molecule has 0 bridgehead atoms. The van der Waals surface area contributed by atoms with Crippen LogP contribution in [0.15, 0.2) is 23.3 Å². The van der Waals surface area contributed by atoms with Crippen molar-refractivity contribution >= 4 is 12.1 Å². The number of nitrogens with one attached hydrogen (secondary N) is 2. The van der Waals surface area contributed by atoms with Crippen molar-refractivity contribution in [1.82, 2.24) is 20.5 Å². The summed E-state index contributed by atoms with van der Waals surface area (Å²) in [5.74, 6) is 2.29. The molecule has 0 unspecified atom stereocenters. The molecule has 0 atom stereocenters. The number of nitrogens with zero attached hydrogens (tertiary/aromatic N) is 3. The van der Waals surface area contributed by atoms with E-state index in [1.165, 1.54) is 20.0 Å². The van der Waals surface area contributed by atoms with Crippen LogP contribution in [0.1, 0.15) is 57.9 Å². The van der Waals surface area contributed by atoms with Crippen LogP contribution in [0.3, 0.4) is 0 Å². The second-order valence-corrected chi connectivity index (χ2v) is 8.57. The van der Waals surface area contributed by atoms with Gasteiger partial charge in [-0.05, 0) is 63.0 Å². The van der Waals surface area contributed by atoms with Crippen molar-refractivity contribution < 1.29 is 14.3 Å². The van der Waals surface area contributed by atoms with Crippen LogP contribution >= 0.6 is 0 Å². The molecule has 0 radical (unpaired) electrons. The summed E-state index contributed by atoms with van der Waals surface area (Å²) in [5, 5.41) is 6.82. The highest BCUT2D eigenvalue weighted by Crippen LogP contribution is 2.26. The minimum Gasteiger partial charge on any atom is -0.474 e. The first-order valence-electron chi connectivity index (χ1n) is 11.6. The summed E-state index contributed by atoms with van der Waals surface area (Å²) in [7, 11) is 1.42. The predicted octanol–water partition coefficient (Wildman–Crippen LogP) is 3.33. The first-order chi connectivity index (χ1) is 15.1. The van der Waals surface area contributed by atoms with Crippen molar-refractivity contribution in [3.63, 3.8) is 0 Å². The van der Waals surface area contributed by atoms with E-state index < -0.39 is 0 Å². The van der Waals surface area contributed by atoms with Gasteiger partial charge in [-0.1, -0.05) is 6.92 Å². The third kappa shape index (κ3) is 7.29. The molecule has 0 spiro atoms. The highest BCUT2D eigenvalue weighted by atomic mass is 16.5. The third-order valence-electron chi connectivity index (χ3n) is 6.08. The minimum absolute atomic E-state index is 0.252. The number of piperidine rings is 1. The summed E-state index contributed by atoms with van der Waals surface area (Å²) >= 11 is 0. The molecular formula is C23H37N5O3. The molecule has 2 aliphatic rings. The fourth-order valence-electron chi connectivity index (χ4n) is 4.15. The van der Waals surface area contributed by atoms with Gasteiger partial charge in [-0.25, -0.2) is 14.8 Å². The van der Waals surface area contributed by atoms with Gasteiger partial charge in [0.05, 0.1) is 13.7 Å². The third-order valence-corrected chi connectivity index (χ3v) is 6.08. The Hall–Kier alpha value is -2.51. The molecule has 0 aromatic carbocycles. The van der Waals surface area contributed by atoms with Gasteiger partial charge in [0.15, 0.2) is 5.96 Å². The van der Waals surface area contributed by atoms with Gasteiger partial charge in [0.25, 0.3) is 0 Å². The molecule has 1 aromatic heterocycles. The number of amides is 1. The molecule has 2 heterocycles. The lowest BCUT2D eigenvalue weighted by Gasteiger charge is -2.32. The summed E-state index contributed by atoms with van der Waals surface area (Å²) < 4.78 is 10.9. The summed E-state index contributed by atoms with van der Waals surface area (Å²) in [4.78, 5) is 22.5. The van der Waals surface area contributed by atoms with Crippen LogP contribution in [0.2, 0.25) is 0 Å². The largest absolute Gasteiger partial charge is 0.474 e. The summed E-state index contributed by atoms with van der Waals surface area (Å²) in [6.45, 7) is 7.09. The van der Waals surface area contributed by atoms with Gasteiger partial charge in [0.1, 0.15) is 6.10 Å². The van der Waals surface area contributed by atoms with Gasteiger partial charge < -0.3 is 25.0 Å². The molecule has 1 aliphatic carbocycles. The van der Waals surface area contributed by atoms with E-state index in [-0.39, 0.29) is 18.2 Å². The molecule has 1 aliphatic heterocycles. The molecule has 2 N–H and O–H groups in total. The summed E-state index contributed by atoms with van der Waals surface area (Å²) in [5.41, 5.74) is 1.08.